The first-order valence-electron chi connectivity index (χ1n) is 6.99. The molecule has 0 aliphatic rings. The number of benzene rings is 2. The maximum absolute atomic E-state index is 12.0. The molecular formula is C16H17N3O4S. The largest absolute Gasteiger partial charge is 0.318 e. The second-order valence-electron chi connectivity index (χ2n) is 5.30. The van der Waals surface area contributed by atoms with E-state index in [1.54, 1.807) is 6.07 Å². The summed E-state index contributed by atoms with van der Waals surface area (Å²) in [7, 11) is -3.81. The van der Waals surface area contributed by atoms with Gasteiger partial charge in [0.25, 0.3) is 0 Å². The minimum absolute atomic E-state index is 0.0830. The Morgan fingerprint density at radius 3 is 2.08 bits per heavy atom. The maximum atomic E-state index is 12.0. The van der Waals surface area contributed by atoms with Gasteiger partial charge in [-0.05, 0) is 55.3 Å². The number of sulfonamides is 1. The zero-order valence-electron chi connectivity index (χ0n) is 13.2. The third-order valence-electron chi connectivity index (χ3n) is 3.29. The van der Waals surface area contributed by atoms with E-state index in [1.807, 2.05) is 26.0 Å². The summed E-state index contributed by atoms with van der Waals surface area (Å²) < 4.78 is 22.3. The molecular weight excluding hydrogens is 330 g/mol. The van der Waals surface area contributed by atoms with E-state index in [-0.39, 0.29) is 10.6 Å². The van der Waals surface area contributed by atoms with Gasteiger partial charge < -0.3 is 10.6 Å². The van der Waals surface area contributed by atoms with Crippen LogP contribution in [0, 0.1) is 13.8 Å². The lowest BCUT2D eigenvalue weighted by atomic mass is 10.1. The fourth-order valence-electron chi connectivity index (χ4n) is 1.97. The molecule has 0 aliphatic heterocycles. The van der Waals surface area contributed by atoms with Crippen LogP contribution >= 0.6 is 0 Å². The van der Waals surface area contributed by atoms with Crippen molar-refractivity contribution in [3.8, 4) is 0 Å². The molecule has 0 heterocycles. The molecule has 8 heteroatoms. The molecule has 2 amide bonds. The smallest absolute Gasteiger partial charge is 0.314 e. The number of nitrogens with one attached hydrogen (secondary N) is 2. The SMILES string of the molecule is Cc1ccc(C)c(NC(=O)C(=O)Nc2ccc(S(N)(=O)=O)cc2)c1. The van der Waals surface area contributed by atoms with Crippen molar-refractivity contribution < 1.29 is 18.0 Å². The van der Waals surface area contributed by atoms with E-state index in [4.69, 9.17) is 5.14 Å². The van der Waals surface area contributed by atoms with Crippen LogP contribution in [-0.2, 0) is 19.6 Å². The van der Waals surface area contributed by atoms with Crippen LogP contribution in [0.4, 0.5) is 11.4 Å². The van der Waals surface area contributed by atoms with Gasteiger partial charge in [0.1, 0.15) is 0 Å². The normalized spacial score (nSPS) is 11.0. The summed E-state index contributed by atoms with van der Waals surface area (Å²) in [5.41, 5.74) is 2.62. The highest BCUT2D eigenvalue weighted by molar-refractivity contribution is 7.89. The van der Waals surface area contributed by atoms with E-state index >= 15 is 0 Å². The van der Waals surface area contributed by atoms with Gasteiger partial charge in [0.2, 0.25) is 10.0 Å². The Bertz CT molecular complexity index is 890. The van der Waals surface area contributed by atoms with E-state index in [0.717, 1.165) is 11.1 Å². The number of carbonyl (C=O) groups is 2. The van der Waals surface area contributed by atoms with Crippen LogP contribution < -0.4 is 15.8 Å². The molecule has 0 spiro atoms. The average molecular weight is 347 g/mol. The van der Waals surface area contributed by atoms with Crippen LogP contribution in [0.5, 0.6) is 0 Å². The Balaban J connectivity index is 2.06. The Morgan fingerprint density at radius 2 is 1.50 bits per heavy atom. The van der Waals surface area contributed by atoms with Gasteiger partial charge in [0.05, 0.1) is 4.90 Å². The monoisotopic (exact) mass is 347 g/mol. The van der Waals surface area contributed by atoms with Crippen molar-refractivity contribution in [3.63, 3.8) is 0 Å². The van der Waals surface area contributed by atoms with Crippen LogP contribution in [0.15, 0.2) is 47.4 Å². The average Bonchev–Trinajstić information content (AvgIpc) is 2.50. The molecule has 0 aromatic heterocycles. The third-order valence-corrected chi connectivity index (χ3v) is 4.22. The number of hydrogen-bond donors (Lipinski definition) is 3. The summed E-state index contributed by atoms with van der Waals surface area (Å²) in [6, 6.07) is 10.7. The second-order valence-corrected chi connectivity index (χ2v) is 6.86. The van der Waals surface area contributed by atoms with Crippen molar-refractivity contribution in [3.05, 3.63) is 53.6 Å². The first-order valence-corrected chi connectivity index (χ1v) is 8.54. The quantitative estimate of drug-likeness (QED) is 0.730. The first-order chi connectivity index (χ1) is 11.2. The van der Waals surface area contributed by atoms with Crippen LogP contribution in [0.3, 0.4) is 0 Å². The van der Waals surface area contributed by atoms with E-state index in [9.17, 15) is 18.0 Å². The van der Waals surface area contributed by atoms with Gasteiger partial charge in [-0.2, -0.15) is 0 Å². The molecule has 126 valence electrons. The zero-order chi connectivity index (χ0) is 17.9. The van der Waals surface area contributed by atoms with Gasteiger partial charge in [-0.1, -0.05) is 12.1 Å². The molecule has 0 unspecified atom stereocenters. The standard InChI is InChI=1S/C16H17N3O4S/c1-10-3-4-11(2)14(9-10)19-16(21)15(20)18-12-5-7-13(8-6-12)24(17,22)23/h3-9H,1-2H3,(H,18,20)(H,19,21)(H2,17,22,23). The van der Waals surface area contributed by atoms with Crippen LogP contribution in [0.1, 0.15) is 11.1 Å². The van der Waals surface area contributed by atoms with Crippen molar-refractivity contribution in [2.24, 2.45) is 5.14 Å². The highest BCUT2D eigenvalue weighted by Crippen LogP contribution is 2.17. The van der Waals surface area contributed by atoms with Gasteiger partial charge in [0, 0.05) is 11.4 Å². The number of primary sulfonamides is 1. The predicted octanol–water partition coefficient (Wildman–Crippen LogP) is 1.53. The number of anilines is 2. The van der Waals surface area contributed by atoms with E-state index < -0.39 is 21.8 Å². The molecule has 0 fully saturated rings. The molecule has 7 nitrogen and oxygen atoms in total. The number of amides is 2. The lowest BCUT2D eigenvalue weighted by molar-refractivity contribution is -0.133. The summed E-state index contributed by atoms with van der Waals surface area (Å²) >= 11 is 0. The highest BCUT2D eigenvalue weighted by atomic mass is 32.2. The molecule has 0 saturated carbocycles. The van der Waals surface area contributed by atoms with Gasteiger partial charge in [-0.25, -0.2) is 13.6 Å². The van der Waals surface area contributed by atoms with Crippen molar-refractivity contribution in [1.82, 2.24) is 0 Å². The second kappa shape index (κ2) is 6.81. The number of aryl methyl sites for hydroxylation is 2. The van der Waals surface area contributed by atoms with Crippen molar-refractivity contribution in [2.45, 2.75) is 18.7 Å². The molecule has 0 saturated heterocycles. The Kier molecular flexibility index (Phi) is 5.01. The van der Waals surface area contributed by atoms with Gasteiger partial charge in [0.15, 0.2) is 0 Å². The van der Waals surface area contributed by atoms with Crippen molar-refractivity contribution >= 4 is 33.2 Å². The Labute approximate surface area is 139 Å². The zero-order valence-corrected chi connectivity index (χ0v) is 14.0. The lowest BCUT2D eigenvalue weighted by Gasteiger charge is -2.10. The van der Waals surface area contributed by atoms with E-state index in [2.05, 4.69) is 10.6 Å². The first kappa shape index (κ1) is 17.6. The van der Waals surface area contributed by atoms with Crippen molar-refractivity contribution in [1.29, 1.82) is 0 Å². The fraction of sp³-hybridized carbons (Fsp3) is 0.125. The minimum atomic E-state index is -3.81. The number of hydrogen-bond acceptors (Lipinski definition) is 4. The molecule has 0 bridgehead atoms. The van der Waals surface area contributed by atoms with Gasteiger partial charge in [-0.3, -0.25) is 9.59 Å². The molecule has 2 aromatic carbocycles. The number of carbonyl (C=O) groups excluding carboxylic acids is 2. The summed E-state index contributed by atoms with van der Waals surface area (Å²) in [5, 5.41) is 9.92. The Morgan fingerprint density at radius 1 is 0.917 bits per heavy atom. The summed E-state index contributed by atoms with van der Waals surface area (Å²) in [5.74, 6) is -1.68. The van der Waals surface area contributed by atoms with Gasteiger partial charge >= 0.3 is 11.8 Å². The molecule has 0 aliphatic carbocycles. The predicted molar refractivity (Wildman–Crippen MR) is 91.0 cm³/mol. The molecule has 0 atom stereocenters. The Hall–Kier alpha value is -2.71. The fourth-order valence-corrected chi connectivity index (χ4v) is 2.48. The minimum Gasteiger partial charge on any atom is -0.318 e. The summed E-state index contributed by atoms with van der Waals surface area (Å²) in [4.78, 5) is 23.8. The molecule has 4 N–H and O–H groups in total. The number of rotatable bonds is 3. The maximum Gasteiger partial charge on any atom is 0.314 e. The van der Waals surface area contributed by atoms with E-state index in [1.165, 1.54) is 24.3 Å². The molecule has 24 heavy (non-hydrogen) atoms. The van der Waals surface area contributed by atoms with Crippen LogP contribution in [-0.4, -0.2) is 20.2 Å². The topological polar surface area (TPSA) is 118 Å². The molecule has 2 aromatic rings. The highest BCUT2D eigenvalue weighted by Gasteiger charge is 2.15. The van der Waals surface area contributed by atoms with Gasteiger partial charge in [-0.15, -0.1) is 0 Å². The third kappa shape index (κ3) is 4.40. The van der Waals surface area contributed by atoms with Crippen LogP contribution in [0.25, 0.3) is 0 Å². The molecule has 2 rings (SSSR count). The van der Waals surface area contributed by atoms with Crippen molar-refractivity contribution in [2.75, 3.05) is 10.6 Å². The van der Waals surface area contributed by atoms with E-state index in [0.29, 0.717) is 5.69 Å². The number of nitrogens with two attached hydrogens (primary N) is 1. The summed E-state index contributed by atoms with van der Waals surface area (Å²) in [6.07, 6.45) is 0. The van der Waals surface area contributed by atoms with Crippen LogP contribution in [0.2, 0.25) is 0 Å². The lowest BCUT2D eigenvalue weighted by Crippen LogP contribution is -2.29. The summed E-state index contributed by atoms with van der Waals surface area (Å²) in [6.45, 7) is 3.70. The molecule has 0 radical (unpaired) electrons.